The van der Waals surface area contributed by atoms with Crippen LogP contribution in [-0.4, -0.2) is 36.9 Å². The van der Waals surface area contributed by atoms with E-state index in [1.54, 1.807) is 0 Å². The summed E-state index contributed by atoms with van der Waals surface area (Å²) in [5.41, 5.74) is -1.76. The molecule has 10 heteroatoms. The number of rotatable bonds is 3. The van der Waals surface area contributed by atoms with E-state index in [-0.39, 0.29) is 12.1 Å². The third-order valence-electron chi connectivity index (χ3n) is 3.93. The van der Waals surface area contributed by atoms with E-state index in [9.17, 15) is 26.4 Å². The lowest BCUT2D eigenvalue weighted by Gasteiger charge is -2.19. The van der Waals surface area contributed by atoms with Crippen molar-refractivity contribution in [1.82, 2.24) is 4.31 Å². The number of carboxylic acid groups (broad SMARTS) is 1. The Morgan fingerprint density at radius 2 is 2.00 bits per heavy atom. The molecule has 24 heavy (non-hydrogen) atoms. The molecule has 1 heterocycles. The van der Waals surface area contributed by atoms with Crippen LogP contribution in [0.1, 0.15) is 18.1 Å². The number of halogens is 3. The molecule has 0 bridgehead atoms. The first-order chi connectivity index (χ1) is 11.0. The Hall–Kier alpha value is -2.12. The zero-order valence-corrected chi connectivity index (χ0v) is 13.2. The summed E-state index contributed by atoms with van der Waals surface area (Å²) >= 11 is 0. The highest BCUT2D eigenvalue weighted by Crippen LogP contribution is 2.37. The first-order valence-corrected chi connectivity index (χ1v) is 8.26. The van der Waals surface area contributed by atoms with Crippen molar-refractivity contribution in [3.63, 3.8) is 0 Å². The fourth-order valence-corrected chi connectivity index (χ4v) is 4.38. The van der Waals surface area contributed by atoms with Crippen molar-refractivity contribution >= 4 is 16.0 Å². The summed E-state index contributed by atoms with van der Waals surface area (Å²) in [5.74, 6) is -2.70. The van der Waals surface area contributed by atoms with Gasteiger partial charge in [0.05, 0.1) is 28.0 Å². The first kappa shape index (κ1) is 18.2. The van der Waals surface area contributed by atoms with E-state index < -0.39 is 51.0 Å². The van der Waals surface area contributed by atoms with Crippen LogP contribution in [0.25, 0.3) is 0 Å². The molecule has 0 aromatic heterocycles. The number of nitrogens with zero attached hydrogens (tertiary/aromatic N) is 2. The minimum absolute atomic E-state index is 0.184. The molecule has 0 spiro atoms. The Morgan fingerprint density at radius 3 is 2.46 bits per heavy atom. The molecule has 1 saturated heterocycles. The maximum atomic E-state index is 13.2. The number of benzene rings is 1. The van der Waals surface area contributed by atoms with Gasteiger partial charge < -0.3 is 5.11 Å². The van der Waals surface area contributed by atoms with Gasteiger partial charge >= 0.3 is 12.1 Å². The summed E-state index contributed by atoms with van der Waals surface area (Å²) < 4.78 is 65.4. The average Bonchev–Trinajstić information content (AvgIpc) is 2.88. The third-order valence-corrected chi connectivity index (χ3v) is 5.82. The van der Waals surface area contributed by atoms with E-state index >= 15 is 0 Å². The fraction of sp³-hybridized carbons (Fsp3) is 0.429. The van der Waals surface area contributed by atoms with E-state index in [0.717, 1.165) is 16.4 Å². The van der Waals surface area contributed by atoms with E-state index in [2.05, 4.69) is 0 Å². The molecule has 0 amide bonds. The predicted molar refractivity (Wildman–Crippen MR) is 75.2 cm³/mol. The summed E-state index contributed by atoms with van der Waals surface area (Å²) in [4.78, 5) is 10.1. The van der Waals surface area contributed by atoms with Crippen molar-refractivity contribution < 1.29 is 31.5 Å². The Kier molecular flexibility index (Phi) is 4.61. The molecule has 1 aliphatic rings. The molecule has 2 atom stereocenters. The lowest BCUT2D eigenvalue weighted by molar-refractivity contribution is -0.142. The Labute approximate surface area is 136 Å². The van der Waals surface area contributed by atoms with Gasteiger partial charge in [0, 0.05) is 13.1 Å². The standard InChI is InChI=1S/C14H13F3N2O4S/c1-8-6-19(7-10(8)13(20)21)24(22,23)12-3-2-9(5-18)4-11(12)14(15,16)17/h2-4,8,10H,6-7H2,1H3,(H,20,21)/t8-,10-/m1/s1. The van der Waals surface area contributed by atoms with Crippen LogP contribution < -0.4 is 0 Å². The SMILES string of the molecule is C[C@@H]1CN(S(=O)(=O)c2ccc(C#N)cc2C(F)(F)F)C[C@H]1C(=O)O. The van der Waals surface area contributed by atoms with Crippen molar-refractivity contribution in [1.29, 1.82) is 5.26 Å². The van der Waals surface area contributed by atoms with Crippen LogP contribution in [0, 0.1) is 23.2 Å². The van der Waals surface area contributed by atoms with Crippen molar-refractivity contribution in [2.75, 3.05) is 13.1 Å². The molecule has 1 aliphatic heterocycles. The van der Waals surface area contributed by atoms with Gasteiger partial charge in [-0.3, -0.25) is 4.79 Å². The average molecular weight is 362 g/mol. The summed E-state index contributed by atoms with van der Waals surface area (Å²) in [6, 6.07) is 3.72. The minimum atomic E-state index is -4.97. The topological polar surface area (TPSA) is 98.5 Å². The second kappa shape index (κ2) is 6.07. The first-order valence-electron chi connectivity index (χ1n) is 6.82. The quantitative estimate of drug-likeness (QED) is 0.886. The zero-order valence-electron chi connectivity index (χ0n) is 12.4. The number of carboxylic acids is 1. The van der Waals surface area contributed by atoms with Gasteiger partial charge in [-0.1, -0.05) is 6.92 Å². The zero-order chi connectivity index (χ0) is 18.3. The van der Waals surface area contributed by atoms with Crippen molar-refractivity contribution in [3.8, 4) is 6.07 Å². The van der Waals surface area contributed by atoms with Gasteiger partial charge in [0.15, 0.2) is 0 Å². The number of hydrogen-bond donors (Lipinski definition) is 1. The van der Waals surface area contributed by atoms with Crippen molar-refractivity contribution in [2.24, 2.45) is 11.8 Å². The lowest BCUT2D eigenvalue weighted by Crippen LogP contribution is -2.31. The van der Waals surface area contributed by atoms with Crippen LogP contribution in [0.3, 0.4) is 0 Å². The van der Waals surface area contributed by atoms with Crippen LogP contribution in [0.2, 0.25) is 0 Å². The van der Waals surface area contributed by atoms with Crippen LogP contribution >= 0.6 is 0 Å². The molecule has 2 rings (SSSR count). The van der Waals surface area contributed by atoms with E-state index in [1.165, 1.54) is 13.0 Å². The molecule has 6 nitrogen and oxygen atoms in total. The second-order valence-corrected chi connectivity index (χ2v) is 7.47. The molecule has 1 aromatic rings. The molecule has 0 aliphatic carbocycles. The number of nitriles is 1. The molecular weight excluding hydrogens is 349 g/mol. The molecule has 1 fully saturated rings. The molecular formula is C14H13F3N2O4S. The smallest absolute Gasteiger partial charge is 0.417 e. The lowest BCUT2D eigenvalue weighted by atomic mass is 9.99. The Balaban J connectivity index is 2.52. The number of aliphatic carboxylic acids is 1. The van der Waals surface area contributed by atoms with Gasteiger partial charge in [-0.25, -0.2) is 8.42 Å². The highest BCUT2D eigenvalue weighted by atomic mass is 32.2. The highest BCUT2D eigenvalue weighted by Gasteiger charge is 2.44. The Morgan fingerprint density at radius 1 is 1.38 bits per heavy atom. The fourth-order valence-electron chi connectivity index (χ4n) is 2.63. The largest absolute Gasteiger partial charge is 0.481 e. The molecule has 1 aromatic carbocycles. The third kappa shape index (κ3) is 3.22. The minimum Gasteiger partial charge on any atom is -0.481 e. The van der Waals surface area contributed by atoms with Crippen LogP contribution in [0.15, 0.2) is 23.1 Å². The maximum absolute atomic E-state index is 13.2. The molecule has 0 saturated carbocycles. The summed E-state index contributed by atoms with van der Waals surface area (Å²) in [5, 5.41) is 17.8. The van der Waals surface area contributed by atoms with Gasteiger partial charge in [-0.15, -0.1) is 0 Å². The monoisotopic (exact) mass is 362 g/mol. The van der Waals surface area contributed by atoms with Crippen LogP contribution in [0.4, 0.5) is 13.2 Å². The van der Waals surface area contributed by atoms with E-state index in [4.69, 9.17) is 10.4 Å². The number of sulfonamides is 1. The van der Waals surface area contributed by atoms with E-state index in [0.29, 0.717) is 6.07 Å². The number of carbonyl (C=O) groups is 1. The molecule has 0 unspecified atom stereocenters. The van der Waals surface area contributed by atoms with Crippen LogP contribution in [0.5, 0.6) is 0 Å². The normalized spacial score (nSPS) is 22.3. The highest BCUT2D eigenvalue weighted by molar-refractivity contribution is 7.89. The van der Waals surface area contributed by atoms with Gasteiger partial charge in [0.1, 0.15) is 0 Å². The predicted octanol–water partition coefficient (Wildman–Crippen LogP) is 1.92. The van der Waals surface area contributed by atoms with Crippen molar-refractivity contribution in [3.05, 3.63) is 29.3 Å². The number of alkyl halides is 3. The van der Waals surface area contributed by atoms with Gasteiger partial charge in [0.2, 0.25) is 10.0 Å². The summed E-state index contributed by atoms with van der Waals surface area (Å²) in [6.07, 6.45) is -4.97. The second-order valence-electron chi connectivity index (χ2n) is 5.56. The summed E-state index contributed by atoms with van der Waals surface area (Å²) in [7, 11) is -4.54. The maximum Gasteiger partial charge on any atom is 0.417 e. The van der Waals surface area contributed by atoms with Crippen LogP contribution in [-0.2, 0) is 21.0 Å². The number of hydrogen-bond acceptors (Lipinski definition) is 4. The molecule has 1 N–H and O–H groups in total. The summed E-state index contributed by atoms with van der Waals surface area (Å²) in [6.45, 7) is 0.949. The van der Waals surface area contributed by atoms with Crippen molar-refractivity contribution in [2.45, 2.75) is 18.0 Å². The Bertz CT molecular complexity index is 814. The van der Waals surface area contributed by atoms with Gasteiger partial charge in [0.25, 0.3) is 0 Å². The molecule has 0 radical (unpaired) electrons. The molecule has 130 valence electrons. The van der Waals surface area contributed by atoms with E-state index in [1.807, 2.05) is 0 Å². The van der Waals surface area contributed by atoms with Gasteiger partial charge in [-0.05, 0) is 24.1 Å². The van der Waals surface area contributed by atoms with Gasteiger partial charge in [-0.2, -0.15) is 22.7 Å².